The van der Waals surface area contributed by atoms with E-state index in [1.165, 1.54) is 17.7 Å². The van der Waals surface area contributed by atoms with Crippen molar-refractivity contribution in [1.29, 1.82) is 0 Å². The smallest absolute Gasteiger partial charge is 0.240 e. The van der Waals surface area contributed by atoms with Gasteiger partial charge in [-0.2, -0.15) is 0 Å². The minimum atomic E-state index is -3.64. The molecule has 0 aromatic heterocycles. The molecule has 0 saturated heterocycles. The molecule has 1 atom stereocenters. The number of rotatable bonds is 7. The largest absolute Gasteiger partial charge is 0.454 e. The Morgan fingerprint density at radius 3 is 2.42 bits per heavy atom. The van der Waals surface area contributed by atoms with E-state index in [4.69, 9.17) is 9.47 Å². The Labute approximate surface area is 154 Å². The second-order valence-electron chi connectivity index (χ2n) is 6.44. The van der Waals surface area contributed by atoms with E-state index in [1.807, 2.05) is 19.0 Å². The average molecular weight is 376 g/mol. The topological polar surface area (TPSA) is 67.9 Å². The second kappa shape index (κ2) is 7.65. The summed E-state index contributed by atoms with van der Waals surface area (Å²) in [4.78, 5) is 2.17. The first-order chi connectivity index (χ1) is 12.4. The predicted octanol–water partition coefficient (Wildman–Crippen LogP) is 2.56. The number of sulfonamides is 1. The molecule has 6 nitrogen and oxygen atoms in total. The van der Waals surface area contributed by atoms with Gasteiger partial charge in [-0.3, -0.25) is 0 Å². The van der Waals surface area contributed by atoms with E-state index in [2.05, 4.69) is 35.9 Å². The highest BCUT2D eigenvalue weighted by molar-refractivity contribution is 7.89. The fourth-order valence-corrected chi connectivity index (χ4v) is 3.94. The molecule has 3 rings (SSSR count). The van der Waals surface area contributed by atoms with Gasteiger partial charge < -0.3 is 14.4 Å². The maximum atomic E-state index is 12.7. The van der Waals surface area contributed by atoms with Crippen molar-refractivity contribution in [3.63, 3.8) is 0 Å². The van der Waals surface area contributed by atoms with Crippen molar-refractivity contribution in [3.05, 3.63) is 53.6 Å². The quantitative estimate of drug-likeness (QED) is 0.804. The molecule has 0 saturated carbocycles. The highest BCUT2D eigenvalue weighted by Crippen LogP contribution is 2.33. The molecule has 0 radical (unpaired) electrons. The van der Waals surface area contributed by atoms with Gasteiger partial charge in [0.15, 0.2) is 11.5 Å². The Hall–Kier alpha value is -2.09. The third-order valence-electron chi connectivity index (χ3n) is 4.52. The number of nitrogens with one attached hydrogen (secondary N) is 1. The fourth-order valence-electron chi connectivity index (χ4n) is 2.89. The van der Waals surface area contributed by atoms with E-state index in [1.54, 1.807) is 6.07 Å². The number of nitrogens with zero attached hydrogens (tertiary/aromatic N) is 1. The van der Waals surface area contributed by atoms with Gasteiger partial charge in [-0.05, 0) is 43.8 Å². The normalized spacial score (nSPS) is 14.6. The molecule has 1 aliphatic rings. The second-order valence-corrected chi connectivity index (χ2v) is 8.21. The van der Waals surface area contributed by atoms with Crippen LogP contribution >= 0.6 is 0 Å². The number of hydrogen-bond donors (Lipinski definition) is 1. The Kier molecular flexibility index (Phi) is 5.50. The lowest BCUT2D eigenvalue weighted by Crippen LogP contribution is -2.34. The summed E-state index contributed by atoms with van der Waals surface area (Å²) in [5, 5.41) is 0. The molecular weight excluding hydrogens is 352 g/mol. The lowest BCUT2D eigenvalue weighted by atomic mass is 10.0. The van der Waals surface area contributed by atoms with Crippen molar-refractivity contribution in [2.75, 3.05) is 27.4 Å². The van der Waals surface area contributed by atoms with E-state index in [9.17, 15) is 8.42 Å². The van der Waals surface area contributed by atoms with Crippen LogP contribution in [0.5, 0.6) is 11.5 Å². The Bertz CT molecular complexity index is 864. The van der Waals surface area contributed by atoms with Gasteiger partial charge in [-0.15, -0.1) is 0 Å². The highest BCUT2D eigenvalue weighted by Gasteiger charge is 2.22. The zero-order valence-corrected chi connectivity index (χ0v) is 16.0. The van der Waals surface area contributed by atoms with E-state index in [0.717, 1.165) is 12.0 Å². The Balaban J connectivity index is 1.75. The van der Waals surface area contributed by atoms with Gasteiger partial charge in [0.1, 0.15) is 0 Å². The van der Waals surface area contributed by atoms with E-state index in [0.29, 0.717) is 11.5 Å². The van der Waals surface area contributed by atoms with Gasteiger partial charge in [-0.25, -0.2) is 13.1 Å². The van der Waals surface area contributed by atoms with Crippen molar-refractivity contribution < 1.29 is 17.9 Å². The minimum absolute atomic E-state index is 0.0651. The number of aryl methyl sites for hydroxylation is 1. The van der Waals surface area contributed by atoms with Crippen LogP contribution in [0.4, 0.5) is 0 Å². The van der Waals surface area contributed by atoms with Crippen LogP contribution < -0.4 is 14.2 Å². The maximum absolute atomic E-state index is 12.7. The lowest BCUT2D eigenvalue weighted by Gasteiger charge is -2.25. The third kappa shape index (κ3) is 4.00. The molecule has 26 heavy (non-hydrogen) atoms. The molecule has 1 heterocycles. The van der Waals surface area contributed by atoms with Crippen LogP contribution in [0.1, 0.15) is 24.1 Å². The van der Waals surface area contributed by atoms with Crippen LogP contribution in [-0.2, 0) is 16.4 Å². The molecule has 0 bridgehead atoms. The summed E-state index contributed by atoms with van der Waals surface area (Å²) < 4.78 is 38.5. The molecule has 7 heteroatoms. The molecular formula is C19H24N2O4S. The number of hydrogen-bond acceptors (Lipinski definition) is 5. The van der Waals surface area contributed by atoms with Crippen LogP contribution in [0, 0.1) is 0 Å². The summed E-state index contributed by atoms with van der Waals surface area (Å²) in [5.41, 5.74) is 2.33. The van der Waals surface area contributed by atoms with Crippen molar-refractivity contribution in [2.24, 2.45) is 0 Å². The van der Waals surface area contributed by atoms with Crippen molar-refractivity contribution in [1.82, 2.24) is 9.62 Å². The first-order valence-electron chi connectivity index (χ1n) is 8.55. The van der Waals surface area contributed by atoms with Gasteiger partial charge in [0.25, 0.3) is 0 Å². The summed E-state index contributed by atoms with van der Waals surface area (Å²) in [6.07, 6.45) is 0.976. The molecule has 0 spiro atoms. The molecule has 2 aromatic carbocycles. The summed E-state index contributed by atoms with van der Waals surface area (Å²) in [6, 6.07) is 12.8. The minimum Gasteiger partial charge on any atom is -0.454 e. The number of likely N-dealkylation sites (N-methyl/N-ethyl adjacent to an activating group) is 1. The summed E-state index contributed by atoms with van der Waals surface area (Å²) >= 11 is 0. The summed E-state index contributed by atoms with van der Waals surface area (Å²) in [5.74, 6) is 1.01. The van der Waals surface area contributed by atoms with Gasteiger partial charge in [0.2, 0.25) is 16.8 Å². The van der Waals surface area contributed by atoms with Crippen LogP contribution in [0.25, 0.3) is 0 Å². The SMILES string of the molecule is CCc1ccc(C(CNS(=O)(=O)c2ccc3c(c2)OCO3)N(C)C)cc1. The molecule has 0 aliphatic carbocycles. The predicted molar refractivity (Wildman–Crippen MR) is 100 cm³/mol. The lowest BCUT2D eigenvalue weighted by molar-refractivity contribution is 0.174. The Morgan fingerprint density at radius 2 is 1.77 bits per heavy atom. The monoisotopic (exact) mass is 376 g/mol. The van der Waals surface area contributed by atoms with Crippen LogP contribution in [0.15, 0.2) is 47.4 Å². The highest BCUT2D eigenvalue weighted by atomic mass is 32.2. The van der Waals surface area contributed by atoms with Crippen LogP contribution in [0.3, 0.4) is 0 Å². The molecule has 0 fully saturated rings. The van der Waals surface area contributed by atoms with Gasteiger partial charge in [0, 0.05) is 18.7 Å². The number of fused-ring (bicyclic) bond motifs is 1. The van der Waals surface area contributed by atoms with Crippen molar-refractivity contribution in [2.45, 2.75) is 24.3 Å². The van der Waals surface area contributed by atoms with E-state index < -0.39 is 10.0 Å². The standard InChI is InChI=1S/C19H24N2O4S/c1-4-14-5-7-15(8-6-14)17(21(2)3)12-20-26(22,23)16-9-10-18-19(11-16)25-13-24-18/h5-11,17,20H,4,12-13H2,1-3H3. The summed E-state index contributed by atoms with van der Waals surface area (Å²) in [6.45, 7) is 2.50. The van der Waals surface area contributed by atoms with Crippen molar-refractivity contribution in [3.8, 4) is 11.5 Å². The zero-order valence-electron chi connectivity index (χ0n) is 15.2. The molecule has 2 aromatic rings. The zero-order chi connectivity index (χ0) is 18.7. The molecule has 1 unspecified atom stereocenters. The van der Waals surface area contributed by atoms with Gasteiger partial charge >= 0.3 is 0 Å². The molecule has 0 amide bonds. The Morgan fingerprint density at radius 1 is 1.08 bits per heavy atom. The average Bonchev–Trinajstić information content (AvgIpc) is 3.10. The number of ether oxygens (including phenoxy) is 2. The fraction of sp³-hybridized carbons (Fsp3) is 0.368. The first-order valence-corrected chi connectivity index (χ1v) is 10.0. The summed E-state index contributed by atoms with van der Waals surface area (Å²) in [7, 11) is 0.232. The van der Waals surface area contributed by atoms with Gasteiger partial charge in [-0.1, -0.05) is 31.2 Å². The van der Waals surface area contributed by atoms with E-state index >= 15 is 0 Å². The van der Waals surface area contributed by atoms with E-state index in [-0.39, 0.29) is 24.3 Å². The molecule has 140 valence electrons. The molecule has 1 N–H and O–H groups in total. The van der Waals surface area contributed by atoms with Crippen molar-refractivity contribution >= 4 is 10.0 Å². The number of benzene rings is 2. The van der Waals surface area contributed by atoms with Gasteiger partial charge in [0.05, 0.1) is 4.90 Å². The van der Waals surface area contributed by atoms with Crippen LogP contribution in [-0.4, -0.2) is 40.8 Å². The molecule has 1 aliphatic heterocycles. The first kappa shape index (κ1) is 18.7. The van der Waals surface area contributed by atoms with Crippen LogP contribution in [0.2, 0.25) is 0 Å². The third-order valence-corrected chi connectivity index (χ3v) is 5.94. The maximum Gasteiger partial charge on any atom is 0.240 e.